The monoisotopic (exact) mass is 409 g/mol. The lowest BCUT2D eigenvalue weighted by Crippen LogP contribution is -2.22. The number of hydrogen-bond acceptors (Lipinski definition) is 7. The molecule has 1 aliphatic carbocycles. The molecule has 2 aromatic heterocycles. The lowest BCUT2D eigenvalue weighted by Gasteiger charge is -2.18. The Kier molecular flexibility index (Phi) is 6.02. The number of allylic oxidation sites excluding steroid dienone is 4. The number of ether oxygens (including phenoxy) is 2. The molecule has 0 amide bonds. The van der Waals surface area contributed by atoms with Gasteiger partial charge in [0.05, 0.1) is 6.61 Å². The van der Waals surface area contributed by atoms with Crippen molar-refractivity contribution in [2.75, 3.05) is 38.9 Å². The van der Waals surface area contributed by atoms with Crippen LogP contribution in [0.5, 0.6) is 6.01 Å². The van der Waals surface area contributed by atoms with Crippen LogP contribution < -0.4 is 16.2 Å². The molecule has 152 valence electrons. The second-order valence-corrected chi connectivity index (χ2v) is 9.24. The van der Waals surface area contributed by atoms with E-state index in [9.17, 15) is 14.3 Å². The van der Waals surface area contributed by atoms with Gasteiger partial charge < -0.3 is 25.1 Å². The van der Waals surface area contributed by atoms with Crippen LogP contribution in [0.25, 0.3) is 11.2 Å². The van der Waals surface area contributed by atoms with Crippen LogP contribution in [-0.2, 0) is 15.8 Å². The Balaban J connectivity index is 1.88. The average molecular weight is 409 g/mol. The minimum atomic E-state index is -3.16. The third-order valence-corrected chi connectivity index (χ3v) is 5.21. The molecule has 0 aliphatic heterocycles. The van der Waals surface area contributed by atoms with E-state index in [4.69, 9.17) is 15.2 Å². The number of nitrogen functional groups attached to an aromatic ring is 1. The Labute approximate surface area is 161 Å². The van der Waals surface area contributed by atoms with E-state index in [1.807, 2.05) is 18.2 Å². The van der Waals surface area contributed by atoms with Crippen molar-refractivity contribution in [3.8, 4) is 6.01 Å². The lowest BCUT2D eigenvalue weighted by molar-refractivity contribution is 0.141. The number of nitrogens with one attached hydrogen (secondary N) is 1. The van der Waals surface area contributed by atoms with Crippen LogP contribution in [0.15, 0.2) is 28.6 Å². The molecule has 3 rings (SSSR count). The SMILES string of the molecule is COCCOc1nc(N)c2[nH]c(=O)n(CC3C=C(CP(C)(=O)O)C=CC3)c2n1. The lowest BCUT2D eigenvalue weighted by atomic mass is 9.97. The number of nitrogens with two attached hydrogens (primary N) is 1. The molecule has 4 N–H and O–H groups in total. The number of hydrogen-bond donors (Lipinski definition) is 3. The summed E-state index contributed by atoms with van der Waals surface area (Å²) >= 11 is 0. The van der Waals surface area contributed by atoms with Gasteiger partial charge in [-0.25, -0.2) is 4.79 Å². The number of methoxy groups -OCH3 is 1. The highest BCUT2D eigenvalue weighted by molar-refractivity contribution is 7.57. The van der Waals surface area contributed by atoms with Crippen molar-refractivity contribution in [1.29, 1.82) is 0 Å². The van der Waals surface area contributed by atoms with Crippen molar-refractivity contribution < 1.29 is 18.9 Å². The van der Waals surface area contributed by atoms with Gasteiger partial charge >= 0.3 is 11.7 Å². The molecule has 28 heavy (non-hydrogen) atoms. The summed E-state index contributed by atoms with van der Waals surface area (Å²) in [6, 6.07) is 0.0711. The third-order valence-electron chi connectivity index (χ3n) is 4.26. The van der Waals surface area contributed by atoms with Crippen LogP contribution in [0, 0.1) is 5.92 Å². The molecule has 0 saturated carbocycles. The van der Waals surface area contributed by atoms with Crippen LogP contribution in [0.1, 0.15) is 6.42 Å². The number of aromatic nitrogens is 4. The van der Waals surface area contributed by atoms with Gasteiger partial charge in [-0.3, -0.25) is 9.13 Å². The summed E-state index contributed by atoms with van der Waals surface area (Å²) in [6.07, 6.45) is 6.54. The summed E-state index contributed by atoms with van der Waals surface area (Å²) in [7, 11) is -1.61. The number of fused-ring (bicyclic) bond motifs is 1. The molecule has 0 bridgehead atoms. The van der Waals surface area contributed by atoms with E-state index in [1.165, 1.54) is 11.2 Å². The standard InChI is InChI=1S/C17H24N5O5P/c1-26-6-7-27-16-20-14(18)13-15(21-16)22(17(23)19-13)9-11-4-3-5-12(8-11)10-28(2,24)25/h3,5,8,11H,4,6-7,9-10H2,1-2H3,(H,19,23)(H,24,25)(H2,18,20,21). The number of rotatable bonds is 8. The molecule has 0 saturated heterocycles. The fraction of sp³-hybridized carbons (Fsp3) is 0.471. The quantitative estimate of drug-likeness (QED) is 0.434. The van der Waals surface area contributed by atoms with Gasteiger partial charge in [0.15, 0.2) is 11.5 Å². The Morgan fingerprint density at radius 2 is 2.21 bits per heavy atom. The molecular weight excluding hydrogens is 385 g/mol. The maximum atomic E-state index is 12.4. The molecule has 0 radical (unpaired) electrons. The molecule has 2 heterocycles. The molecular formula is C17H24N5O5P. The first-order chi connectivity index (χ1) is 13.3. The first-order valence-corrected chi connectivity index (χ1v) is 11.1. The zero-order valence-electron chi connectivity index (χ0n) is 15.8. The second-order valence-electron chi connectivity index (χ2n) is 6.82. The summed E-state index contributed by atoms with van der Waals surface area (Å²) in [6.45, 7) is 2.31. The van der Waals surface area contributed by atoms with Crippen molar-refractivity contribution in [2.24, 2.45) is 5.92 Å². The van der Waals surface area contributed by atoms with Crippen LogP contribution >= 0.6 is 7.37 Å². The van der Waals surface area contributed by atoms with E-state index in [-0.39, 0.29) is 36.2 Å². The third kappa shape index (κ3) is 4.89. The van der Waals surface area contributed by atoms with E-state index in [1.54, 1.807) is 7.11 Å². The van der Waals surface area contributed by atoms with Gasteiger partial charge in [0.1, 0.15) is 12.1 Å². The van der Waals surface area contributed by atoms with Gasteiger partial charge in [-0.15, -0.1) is 0 Å². The van der Waals surface area contributed by atoms with Crippen LogP contribution in [0.4, 0.5) is 5.82 Å². The van der Waals surface area contributed by atoms with E-state index < -0.39 is 7.37 Å². The van der Waals surface area contributed by atoms with Gasteiger partial charge in [-0.1, -0.05) is 18.2 Å². The maximum Gasteiger partial charge on any atom is 0.327 e. The van der Waals surface area contributed by atoms with Crippen LogP contribution in [0.2, 0.25) is 0 Å². The van der Waals surface area contributed by atoms with Crippen molar-refractivity contribution >= 4 is 24.4 Å². The molecule has 2 aromatic rings. The van der Waals surface area contributed by atoms with Gasteiger partial charge in [-0.2, -0.15) is 9.97 Å². The smallest absolute Gasteiger partial charge is 0.327 e. The zero-order chi connectivity index (χ0) is 20.3. The van der Waals surface area contributed by atoms with Gasteiger partial charge in [-0.05, 0) is 17.9 Å². The Bertz CT molecular complexity index is 1020. The Hall–Kier alpha value is -2.42. The highest BCUT2D eigenvalue weighted by Crippen LogP contribution is 2.39. The Morgan fingerprint density at radius 3 is 2.93 bits per heavy atom. The second kappa shape index (κ2) is 8.30. The van der Waals surface area contributed by atoms with Gasteiger partial charge in [0.25, 0.3) is 0 Å². The van der Waals surface area contributed by atoms with E-state index in [2.05, 4.69) is 15.0 Å². The summed E-state index contributed by atoms with van der Waals surface area (Å²) in [5.41, 5.74) is 7.09. The Morgan fingerprint density at radius 1 is 1.43 bits per heavy atom. The fourth-order valence-corrected chi connectivity index (χ4v) is 4.00. The van der Waals surface area contributed by atoms with E-state index in [0.29, 0.717) is 30.7 Å². The topological polar surface area (TPSA) is 145 Å². The normalized spacial score (nSPS) is 18.8. The number of imidazole rings is 1. The molecule has 0 spiro atoms. The summed E-state index contributed by atoms with van der Waals surface area (Å²) in [4.78, 5) is 33.1. The summed E-state index contributed by atoms with van der Waals surface area (Å²) < 4.78 is 23.5. The minimum absolute atomic E-state index is 0.0164. The number of aromatic amines is 1. The molecule has 10 nitrogen and oxygen atoms in total. The highest BCUT2D eigenvalue weighted by Gasteiger charge is 2.20. The molecule has 2 unspecified atom stereocenters. The van der Waals surface area contributed by atoms with Crippen molar-refractivity contribution in [3.05, 3.63) is 34.3 Å². The first-order valence-electron chi connectivity index (χ1n) is 8.81. The van der Waals surface area contributed by atoms with E-state index >= 15 is 0 Å². The van der Waals surface area contributed by atoms with Gasteiger partial charge in [0.2, 0.25) is 7.37 Å². The van der Waals surface area contributed by atoms with E-state index in [0.717, 1.165) is 5.57 Å². The highest BCUT2D eigenvalue weighted by atomic mass is 31.2. The molecule has 1 aliphatic rings. The largest absolute Gasteiger partial charge is 0.461 e. The predicted octanol–water partition coefficient (Wildman–Crippen LogP) is 1.13. The molecule has 2 atom stereocenters. The van der Waals surface area contributed by atoms with Crippen molar-refractivity contribution in [1.82, 2.24) is 19.5 Å². The summed E-state index contributed by atoms with van der Waals surface area (Å²) in [5.74, 6) is 0.109. The minimum Gasteiger partial charge on any atom is -0.461 e. The number of H-pyrrole nitrogens is 1. The van der Waals surface area contributed by atoms with Gasteiger partial charge in [0, 0.05) is 26.5 Å². The fourth-order valence-electron chi connectivity index (χ4n) is 3.11. The van der Waals surface area contributed by atoms with Crippen molar-refractivity contribution in [3.63, 3.8) is 0 Å². The van der Waals surface area contributed by atoms with Crippen molar-refractivity contribution in [2.45, 2.75) is 13.0 Å². The first kappa shape index (κ1) is 20.3. The summed E-state index contributed by atoms with van der Waals surface area (Å²) in [5, 5.41) is 0. The predicted molar refractivity (Wildman–Crippen MR) is 106 cm³/mol. The number of nitrogens with zero attached hydrogens (tertiary/aromatic N) is 3. The molecule has 0 aromatic carbocycles. The van der Waals surface area contributed by atoms with Crippen LogP contribution in [-0.4, -0.2) is 57.6 Å². The average Bonchev–Trinajstić information content (AvgIpc) is 2.91. The molecule has 11 heteroatoms. The molecule has 0 fully saturated rings. The maximum absolute atomic E-state index is 12.4. The number of anilines is 1. The van der Waals surface area contributed by atoms with Crippen LogP contribution in [0.3, 0.4) is 0 Å². The zero-order valence-corrected chi connectivity index (χ0v) is 16.7.